The highest BCUT2D eigenvalue weighted by Gasteiger charge is 2.11. The minimum atomic E-state index is -0.855. The van der Waals surface area contributed by atoms with Gasteiger partial charge in [0.05, 0.1) is 5.92 Å². The van der Waals surface area contributed by atoms with Crippen molar-refractivity contribution in [3.63, 3.8) is 0 Å². The number of pyridine rings is 1. The van der Waals surface area contributed by atoms with E-state index in [1.165, 1.54) is 6.20 Å². The molecular formula is C11H14N2O3. The van der Waals surface area contributed by atoms with Crippen LogP contribution in [0.15, 0.2) is 24.4 Å². The summed E-state index contributed by atoms with van der Waals surface area (Å²) in [7, 11) is 0. The molecule has 1 heterocycles. The standard InChI is InChI=1S/C11H14N2O3/c1-8(11(15)16)5-7-13-10(14)9-4-2-3-6-12-9/h2-4,6,8H,5,7H2,1H3,(H,13,14)(H,15,16). The Hall–Kier alpha value is -1.91. The van der Waals surface area contributed by atoms with Crippen LogP contribution in [-0.2, 0) is 4.79 Å². The van der Waals surface area contributed by atoms with Gasteiger partial charge in [-0.1, -0.05) is 13.0 Å². The molecule has 0 saturated heterocycles. The van der Waals surface area contributed by atoms with Crippen LogP contribution in [0.1, 0.15) is 23.8 Å². The number of nitrogens with zero attached hydrogens (tertiary/aromatic N) is 1. The Morgan fingerprint density at radius 3 is 2.81 bits per heavy atom. The van der Waals surface area contributed by atoms with E-state index < -0.39 is 11.9 Å². The van der Waals surface area contributed by atoms with Crippen LogP contribution in [0.5, 0.6) is 0 Å². The van der Waals surface area contributed by atoms with Crippen molar-refractivity contribution in [2.75, 3.05) is 6.54 Å². The minimum absolute atomic E-state index is 0.279. The lowest BCUT2D eigenvalue weighted by atomic mass is 10.1. The largest absolute Gasteiger partial charge is 0.481 e. The van der Waals surface area contributed by atoms with Gasteiger partial charge < -0.3 is 10.4 Å². The Morgan fingerprint density at radius 2 is 2.25 bits per heavy atom. The minimum Gasteiger partial charge on any atom is -0.481 e. The predicted octanol–water partition coefficient (Wildman–Crippen LogP) is 0.922. The van der Waals surface area contributed by atoms with Gasteiger partial charge in [-0.25, -0.2) is 0 Å². The van der Waals surface area contributed by atoms with Crippen LogP contribution >= 0.6 is 0 Å². The number of hydrogen-bond donors (Lipinski definition) is 2. The summed E-state index contributed by atoms with van der Waals surface area (Å²) in [6.45, 7) is 1.94. The number of carboxylic acids is 1. The molecule has 86 valence electrons. The van der Waals surface area contributed by atoms with Crippen molar-refractivity contribution in [1.29, 1.82) is 0 Å². The second-order valence-electron chi connectivity index (χ2n) is 3.50. The van der Waals surface area contributed by atoms with Crippen molar-refractivity contribution in [1.82, 2.24) is 10.3 Å². The third-order valence-corrected chi connectivity index (χ3v) is 2.18. The lowest BCUT2D eigenvalue weighted by molar-refractivity contribution is -0.141. The third-order valence-electron chi connectivity index (χ3n) is 2.18. The predicted molar refractivity (Wildman–Crippen MR) is 58.0 cm³/mol. The number of rotatable bonds is 5. The summed E-state index contributed by atoms with van der Waals surface area (Å²) in [4.78, 5) is 25.9. The van der Waals surface area contributed by atoms with Crippen LogP contribution in [0.3, 0.4) is 0 Å². The molecule has 0 aliphatic rings. The van der Waals surface area contributed by atoms with E-state index in [0.29, 0.717) is 18.7 Å². The molecule has 2 N–H and O–H groups in total. The number of carbonyl (C=O) groups is 2. The van der Waals surface area contributed by atoms with E-state index in [2.05, 4.69) is 10.3 Å². The Labute approximate surface area is 93.5 Å². The number of carbonyl (C=O) groups excluding carboxylic acids is 1. The van der Waals surface area contributed by atoms with Crippen molar-refractivity contribution < 1.29 is 14.7 Å². The van der Waals surface area contributed by atoms with Crippen molar-refractivity contribution in [3.8, 4) is 0 Å². The summed E-state index contributed by atoms with van der Waals surface area (Å²) in [6.07, 6.45) is 1.95. The fraction of sp³-hybridized carbons (Fsp3) is 0.364. The summed E-state index contributed by atoms with van der Waals surface area (Å²) in [6, 6.07) is 5.06. The molecule has 1 rings (SSSR count). The lowest BCUT2D eigenvalue weighted by Crippen LogP contribution is -2.27. The Bertz CT molecular complexity index is 365. The maximum absolute atomic E-state index is 11.5. The summed E-state index contributed by atoms with van der Waals surface area (Å²) in [5, 5.41) is 11.3. The lowest BCUT2D eigenvalue weighted by Gasteiger charge is -2.07. The average Bonchev–Trinajstić information content (AvgIpc) is 2.29. The van der Waals surface area contributed by atoms with E-state index in [0.717, 1.165) is 0 Å². The van der Waals surface area contributed by atoms with Crippen LogP contribution in [0, 0.1) is 5.92 Å². The third kappa shape index (κ3) is 3.68. The molecule has 5 nitrogen and oxygen atoms in total. The van der Waals surface area contributed by atoms with Crippen LogP contribution < -0.4 is 5.32 Å². The maximum Gasteiger partial charge on any atom is 0.306 e. The number of nitrogens with one attached hydrogen (secondary N) is 1. The first-order valence-electron chi connectivity index (χ1n) is 5.03. The van der Waals surface area contributed by atoms with E-state index in [1.54, 1.807) is 25.1 Å². The molecule has 0 aromatic carbocycles. The first-order chi connectivity index (χ1) is 7.61. The van der Waals surface area contributed by atoms with Crippen LogP contribution in [0.25, 0.3) is 0 Å². The molecule has 0 aliphatic heterocycles. The molecule has 5 heteroatoms. The van der Waals surface area contributed by atoms with Gasteiger partial charge in [0.1, 0.15) is 5.69 Å². The summed E-state index contributed by atoms with van der Waals surface area (Å²) in [5.74, 6) is -1.59. The molecule has 0 bridgehead atoms. The zero-order chi connectivity index (χ0) is 12.0. The second kappa shape index (κ2) is 5.85. The Morgan fingerprint density at radius 1 is 1.50 bits per heavy atom. The maximum atomic E-state index is 11.5. The van der Waals surface area contributed by atoms with Gasteiger partial charge >= 0.3 is 5.97 Å². The van der Waals surface area contributed by atoms with Gasteiger partial charge in [-0.3, -0.25) is 14.6 Å². The van der Waals surface area contributed by atoms with Gasteiger partial charge in [0, 0.05) is 12.7 Å². The highest BCUT2D eigenvalue weighted by Crippen LogP contribution is 2.00. The quantitative estimate of drug-likeness (QED) is 0.776. The van der Waals surface area contributed by atoms with Gasteiger partial charge in [-0.15, -0.1) is 0 Å². The fourth-order valence-corrected chi connectivity index (χ4v) is 1.11. The summed E-state index contributed by atoms with van der Waals surface area (Å²) >= 11 is 0. The Balaban J connectivity index is 2.34. The smallest absolute Gasteiger partial charge is 0.306 e. The van der Waals surface area contributed by atoms with E-state index >= 15 is 0 Å². The van der Waals surface area contributed by atoms with Crippen molar-refractivity contribution in [2.45, 2.75) is 13.3 Å². The molecule has 0 aliphatic carbocycles. The van der Waals surface area contributed by atoms with Crippen molar-refractivity contribution in [3.05, 3.63) is 30.1 Å². The normalized spacial score (nSPS) is 11.8. The van der Waals surface area contributed by atoms with Crippen molar-refractivity contribution >= 4 is 11.9 Å². The molecule has 1 aromatic heterocycles. The van der Waals surface area contributed by atoms with Crippen molar-refractivity contribution in [2.24, 2.45) is 5.92 Å². The average molecular weight is 222 g/mol. The highest BCUT2D eigenvalue weighted by molar-refractivity contribution is 5.92. The number of carboxylic acid groups (broad SMARTS) is 1. The molecular weight excluding hydrogens is 208 g/mol. The Kier molecular flexibility index (Phi) is 4.44. The van der Waals surface area contributed by atoms with E-state index in [4.69, 9.17) is 5.11 Å². The molecule has 1 aromatic rings. The zero-order valence-electron chi connectivity index (χ0n) is 9.01. The van der Waals surface area contributed by atoms with Gasteiger partial charge in [0.15, 0.2) is 0 Å². The fourth-order valence-electron chi connectivity index (χ4n) is 1.11. The molecule has 0 fully saturated rings. The van der Waals surface area contributed by atoms with Gasteiger partial charge in [0.25, 0.3) is 5.91 Å². The van der Waals surface area contributed by atoms with Crippen LogP contribution in [0.2, 0.25) is 0 Å². The molecule has 16 heavy (non-hydrogen) atoms. The second-order valence-corrected chi connectivity index (χ2v) is 3.50. The summed E-state index contributed by atoms with van der Waals surface area (Å²) < 4.78 is 0. The SMILES string of the molecule is CC(CCNC(=O)c1ccccn1)C(=O)O. The van der Waals surface area contributed by atoms with E-state index in [9.17, 15) is 9.59 Å². The van der Waals surface area contributed by atoms with Gasteiger partial charge in [0.2, 0.25) is 0 Å². The number of amides is 1. The van der Waals surface area contributed by atoms with E-state index in [1.807, 2.05) is 0 Å². The van der Waals surface area contributed by atoms with Gasteiger partial charge in [-0.05, 0) is 18.6 Å². The molecule has 1 atom stereocenters. The highest BCUT2D eigenvalue weighted by atomic mass is 16.4. The zero-order valence-corrected chi connectivity index (χ0v) is 9.01. The molecule has 0 saturated carbocycles. The van der Waals surface area contributed by atoms with Crippen LogP contribution in [-0.4, -0.2) is 28.5 Å². The summed E-state index contributed by atoms with van der Waals surface area (Å²) in [5.41, 5.74) is 0.338. The molecule has 0 radical (unpaired) electrons. The monoisotopic (exact) mass is 222 g/mol. The van der Waals surface area contributed by atoms with E-state index in [-0.39, 0.29) is 5.91 Å². The molecule has 1 unspecified atom stereocenters. The topological polar surface area (TPSA) is 79.3 Å². The first kappa shape index (κ1) is 12.2. The van der Waals surface area contributed by atoms with Gasteiger partial charge in [-0.2, -0.15) is 0 Å². The number of aliphatic carboxylic acids is 1. The van der Waals surface area contributed by atoms with Crippen LogP contribution in [0.4, 0.5) is 0 Å². The number of aromatic nitrogens is 1. The first-order valence-corrected chi connectivity index (χ1v) is 5.03. The molecule has 1 amide bonds. The molecule has 0 spiro atoms. The number of hydrogen-bond acceptors (Lipinski definition) is 3.